The van der Waals surface area contributed by atoms with Crippen molar-refractivity contribution in [1.82, 2.24) is 4.90 Å². The number of rotatable bonds is 9. The highest BCUT2D eigenvalue weighted by molar-refractivity contribution is 5.73. The number of nitrogens with zero attached hydrogens (tertiary/aromatic N) is 1. The van der Waals surface area contributed by atoms with Gasteiger partial charge in [0.25, 0.3) is 0 Å². The van der Waals surface area contributed by atoms with E-state index in [-0.39, 0.29) is 11.3 Å². The Bertz CT molecular complexity index is 398. The van der Waals surface area contributed by atoms with E-state index in [1.165, 1.54) is 11.1 Å². The molecular formula is C20H37NO. The quantitative estimate of drug-likeness (QED) is 0.508. The minimum Gasteiger partial charge on any atom is -0.342 e. The van der Waals surface area contributed by atoms with Crippen LogP contribution in [0.2, 0.25) is 0 Å². The molecule has 0 spiro atoms. The van der Waals surface area contributed by atoms with Crippen LogP contribution in [0.25, 0.3) is 0 Å². The SMILES string of the molecule is CC(=O)N(CC(C)C)CC(C)(C)CC=C(C)CCC=C(C)C. The summed E-state index contributed by atoms with van der Waals surface area (Å²) >= 11 is 0. The summed E-state index contributed by atoms with van der Waals surface area (Å²) in [5.74, 6) is 0.701. The van der Waals surface area contributed by atoms with E-state index >= 15 is 0 Å². The molecule has 0 bridgehead atoms. The lowest BCUT2D eigenvalue weighted by Gasteiger charge is -2.32. The van der Waals surface area contributed by atoms with Crippen LogP contribution in [0.4, 0.5) is 0 Å². The molecule has 0 saturated carbocycles. The summed E-state index contributed by atoms with van der Waals surface area (Å²) in [7, 11) is 0. The average molecular weight is 308 g/mol. The van der Waals surface area contributed by atoms with Crippen molar-refractivity contribution in [3.63, 3.8) is 0 Å². The monoisotopic (exact) mass is 307 g/mol. The molecule has 0 aromatic carbocycles. The molecule has 22 heavy (non-hydrogen) atoms. The zero-order chi connectivity index (χ0) is 17.3. The van der Waals surface area contributed by atoms with Gasteiger partial charge in [-0.15, -0.1) is 0 Å². The van der Waals surface area contributed by atoms with Crippen LogP contribution < -0.4 is 0 Å². The first-order valence-corrected chi connectivity index (χ1v) is 8.58. The predicted molar refractivity (Wildman–Crippen MR) is 97.9 cm³/mol. The fourth-order valence-electron chi connectivity index (χ4n) is 2.47. The minimum atomic E-state index is 0.123. The molecule has 0 aliphatic rings. The summed E-state index contributed by atoms with van der Waals surface area (Å²) in [4.78, 5) is 13.8. The summed E-state index contributed by atoms with van der Waals surface area (Å²) < 4.78 is 0. The first-order chi connectivity index (χ1) is 10.0. The summed E-state index contributed by atoms with van der Waals surface area (Å²) in [6, 6.07) is 0. The molecule has 0 aliphatic carbocycles. The van der Waals surface area contributed by atoms with Gasteiger partial charge < -0.3 is 4.90 Å². The Balaban J connectivity index is 4.53. The summed E-state index contributed by atoms with van der Waals surface area (Å²) in [5.41, 5.74) is 2.96. The van der Waals surface area contributed by atoms with Crippen LogP contribution in [-0.4, -0.2) is 23.9 Å². The molecule has 128 valence electrons. The van der Waals surface area contributed by atoms with Crippen molar-refractivity contribution in [1.29, 1.82) is 0 Å². The van der Waals surface area contributed by atoms with E-state index < -0.39 is 0 Å². The van der Waals surface area contributed by atoms with Crippen molar-refractivity contribution in [2.75, 3.05) is 13.1 Å². The second kappa shape index (κ2) is 9.86. The normalized spacial score (nSPS) is 12.5. The van der Waals surface area contributed by atoms with Gasteiger partial charge in [0.2, 0.25) is 5.91 Å². The van der Waals surface area contributed by atoms with Crippen LogP contribution in [0.5, 0.6) is 0 Å². The third-order valence-electron chi connectivity index (χ3n) is 3.74. The molecule has 0 aromatic heterocycles. The Morgan fingerprint density at radius 3 is 2.14 bits per heavy atom. The largest absolute Gasteiger partial charge is 0.342 e. The standard InChI is InChI=1S/C20H37NO/c1-16(2)10-9-11-18(5)12-13-20(7,8)15-21(19(6)22)14-17(3)4/h10,12,17H,9,11,13-15H2,1-8H3. The van der Waals surface area contributed by atoms with Gasteiger partial charge in [0.05, 0.1) is 0 Å². The average Bonchev–Trinajstić information content (AvgIpc) is 2.34. The predicted octanol–water partition coefficient (Wildman–Crippen LogP) is 5.60. The third kappa shape index (κ3) is 10.6. The number of hydrogen-bond donors (Lipinski definition) is 0. The molecule has 0 fully saturated rings. The molecule has 0 aliphatic heterocycles. The molecule has 0 N–H and O–H groups in total. The molecule has 2 heteroatoms. The minimum absolute atomic E-state index is 0.123. The number of allylic oxidation sites excluding steroid dienone is 4. The number of amides is 1. The second-order valence-corrected chi connectivity index (χ2v) is 8.03. The maximum Gasteiger partial charge on any atom is 0.219 e. The van der Waals surface area contributed by atoms with Crippen LogP contribution in [0.1, 0.15) is 74.7 Å². The van der Waals surface area contributed by atoms with E-state index in [0.717, 1.165) is 32.4 Å². The summed E-state index contributed by atoms with van der Waals surface area (Å²) in [5, 5.41) is 0. The van der Waals surface area contributed by atoms with Gasteiger partial charge in [0.1, 0.15) is 0 Å². The van der Waals surface area contributed by atoms with E-state index in [1.54, 1.807) is 6.92 Å². The summed E-state index contributed by atoms with van der Waals surface area (Å²) in [6.07, 6.45) is 7.92. The highest BCUT2D eigenvalue weighted by atomic mass is 16.2. The zero-order valence-electron chi connectivity index (χ0n) is 16.1. The van der Waals surface area contributed by atoms with Crippen LogP contribution in [0, 0.1) is 11.3 Å². The smallest absolute Gasteiger partial charge is 0.219 e. The van der Waals surface area contributed by atoms with E-state index in [2.05, 4.69) is 60.6 Å². The highest BCUT2D eigenvalue weighted by Gasteiger charge is 2.22. The van der Waals surface area contributed by atoms with Crippen LogP contribution >= 0.6 is 0 Å². The highest BCUT2D eigenvalue weighted by Crippen LogP contribution is 2.24. The van der Waals surface area contributed by atoms with Crippen molar-refractivity contribution in [2.24, 2.45) is 11.3 Å². The van der Waals surface area contributed by atoms with E-state index in [1.807, 2.05) is 4.90 Å². The second-order valence-electron chi connectivity index (χ2n) is 8.03. The third-order valence-corrected chi connectivity index (χ3v) is 3.74. The van der Waals surface area contributed by atoms with Crippen molar-refractivity contribution >= 4 is 5.91 Å². The Hall–Kier alpha value is -1.05. The van der Waals surface area contributed by atoms with Crippen LogP contribution in [0.3, 0.4) is 0 Å². The van der Waals surface area contributed by atoms with Crippen LogP contribution in [-0.2, 0) is 4.79 Å². The van der Waals surface area contributed by atoms with Crippen molar-refractivity contribution in [2.45, 2.75) is 74.7 Å². The van der Waals surface area contributed by atoms with Crippen LogP contribution in [0.15, 0.2) is 23.3 Å². The van der Waals surface area contributed by atoms with Crippen molar-refractivity contribution in [3.05, 3.63) is 23.3 Å². The lowest BCUT2D eigenvalue weighted by molar-refractivity contribution is -0.130. The van der Waals surface area contributed by atoms with Gasteiger partial charge in [-0.2, -0.15) is 0 Å². The molecule has 0 aromatic rings. The molecule has 0 heterocycles. The van der Waals surface area contributed by atoms with Gasteiger partial charge in [-0.3, -0.25) is 4.79 Å². The molecular weight excluding hydrogens is 270 g/mol. The number of carbonyl (C=O) groups excluding carboxylic acids is 1. The Kier molecular flexibility index (Phi) is 9.39. The molecule has 0 rings (SSSR count). The number of carbonyl (C=O) groups is 1. The molecule has 2 nitrogen and oxygen atoms in total. The van der Waals surface area contributed by atoms with Gasteiger partial charge >= 0.3 is 0 Å². The van der Waals surface area contributed by atoms with E-state index in [0.29, 0.717) is 5.92 Å². The maximum absolute atomic E-state index is 11.8. The Morgan fingerprint density at radius 2 is 1.68 bits per heavy atom. The lowest BCUT2D eigenvalue weighted by atomic mass is 9.87. The van der Waals surface area contributed by atoms with E-state index in [9.17, 15) is 4.79 Å². The first kappa shape index (κ1) is 20.9. The van der Waals surface area contributed by atoms with Gasteiger partial charge in [0.15, 0.2) is 0 Å². The summed E-state index contributed by atoms with van der Waals surface area (Å²) in [6.45, 7) is 18.7. The topological polar surface area (TPSA) is 20.3 Å². The number of hydrogen-bond acceptors (Lipinski definition) is 1. The van der Waals surface area contributed by atoms with Gasteiger partial charge in [-0.1, -0.05) is 51.0 Å². The van der Waals surface area contributed by atoms with Crippen molar-refractivity contribution in [3.8, 4) is 0 Å². The van der Waals surface area contributed by atoms with E-state index in [4.69, 9.17) is 0 Å². The van der Waals surface area contributed by atoms with Gasteiger partial charge in [-0.05, 0) is 51.4 Å². The maximum atomic E-state index is 11.8. The fourth-order valence-corrected chi connectivity index (χ4v) is 2.47. The molecule has 0 unspecified atom stereocenters. The Morgan fingerprint density at radius 1 is 1.09 bits per heavy atom. The molecule has 0 radical (unpaired) electrons. The first-order valence-electron chi connectivity index (χ1n) is 8.58. The molecule has 0 atom stereocenters. The fraction of sp³-hybridized carbons (Fsp3) is 0.750. The molecule has 0 saturated heterocycles. The Labute approximate surface area is 138 Å². The zero-order valence-corrected chi connectivity index (χ0v) is 16.1. The molecule has 1 amide bonds. The lowest BCUT2D eigenvalue weighted by Crippen LogP contribution is -2.39. The van der Waals surface area contributed by atoms with Gasteiger partial charge in [0, 0.05) is 20.0 Å². The van der Waals surface area contributed by atoms with Gasteiger partial charge in [-0.25, -0.2) is 0 Å². The van der Waals surface area contributed by atoms with Crippen molar-refractivity contribution < 1.29 is 4.79 Å².